The maximum absolute atomic E-state index is 12.0. The predicted molar refractivity (Wildman–Crippen MR) is 70.1 cm³/mol. The first-order valence-corrected chi connectivity index (χ1v) is 7.84. The van der Waals surface area contributed by atoms with Crippen molar-refractivity contribution in [2.24, 2.45) is 0 Å². The van der Waals surface area contributed by atoms with Crippen molar-refractivity contribution in [3.05, 3.63) is 29.8 Å². The number of rotatable bonds is 5. The first-order valence-electron chi connectivity index (χ1n) is 6.13. The van der Waals surface area contributed by atoms with Crippen LogP contribution in [0.5, 0.6) is 5.75 Å². The molecule has 2 rings (SSSR count). The summed E-state index contributed by atoms with van der Waals surface area (Å²) in [5.41, 5.74) is 0.964. The monoisotopic (exact) mass is 284 g/mol. The molecule has 0 amide bonds. The van der Waals surface area contributed by atoms with Gasteiger partial charge in [-0.1, -0.05) is 25.1 Å². The summed E-state index contributed by atoms with van der Waals surface area (Å²) < 4.78 is 29.6. The van der Waals surface area contributed by atoms with Crippen molar-refractivity contribution in [2.45, 2.75) is 31.1 Å². The van der Waals surface area contributed by atoms with Gasteiger partial charge in [0.15, 0.2) is 15.1 Å². The van der Waals surface area contributed by atoms with E-state index in [-0.39, 0.29) is 12.2 Å². The molecule has 19 heavy (non-hydrogen) atoms. The number of para-hydroxylation sites is 1. The van der Waals surface area contributed by atoms with Crippen molar-refractivity contribution < 1.29 is 23.1 Å². The normalized spacial score (nSPS) is 19.5. The molecule has 6 heteroatoms. The number of benzene rings is 1. The lowest BCUT2D eigenvalue weighted by Crippen LogP contribution is -2.36. The second-order valence-corrected chi connectivity index (χ2v) is 6.84. The molecule has 2 atom stereocenters. The average molecular weight is 284 g/mol. The number of carboxylic acids is 1. The molecule has 0 fully saturated rings. The first-order chi connectivity index (χ1) is 8.94. The van der Waals surface area contributed by atoms with Crippen LogP contribution in [-0.4, -0.2) is 36.6 Å². The van der Waals surface area contributed by atoms with Gasteiger partial charge in [-0.15, -0.1) is 0 Å². The maximum atomic E-state index is 12.0. The van der Waals surface area contributed by atoms with Crippen molar-refractivity contribution in [1.82, 2.24) is 0 Å². The fourth-order valence-electron chi connectivity index (χ4n) is 2.30. The van der Waals surface area contributed by atoms with Crippen molar-refractivity contribution in [1.29, 1.82) is 0 Å². The minimum atomic E-state index is -3.70. The van der Waals surface area contributed by atoms with Gasteiger partial charge in [-0.25, -0.2) is 8.42 Å². The molecular formula is C13H16O5S. The van der Waals surface area contributed by atoms with E-state index in [2.05, 4.69) is 0 Å². The third-order valence-corrected chi connectivity index (χ3v) is 5.45. The highest BCUT2D eigenvalue weighted by molar-refractivity contribution is 7.92. The third-order valence-electron chi connectivity index (χ3n) is 3.21. The fourth-order valence-corrected chi connectivity index (χ4v) is 4.06. The van der Waals surface area contributed by atoms with E-state index in [1.807, 2.05) is 18.2 Å². The van der Waals surface area contributed by atoms with Gasteiger partial charge in [0.05, 0.1) is 5.75 Å². The molecular weight excluding hydrogens is 268 g/mol. The summed E-state index contributed by atoms with van der Waals surface area (Å²) in [4.78, 5) is 10.9. The third kappa shape index (κ3) is 2.89. The Kier molecular flexibility index (Phi) is 3.80. The number of carbonyl (C=O) groups is 1. The Morgan fingerprint density at radius 3 is 2.74 bits per heavy atom. The van der Waals surface area contributed by atoms with Gasteiger partial charge in [-0.05, 0) is 18.1 Å². The van der Waals surface area contributed by atoms with Gasteiger partial charge in [0.25, 0.3) is 0 Å². The van der Waals surface area contributed by atoms with E-state index in [4.69, 9.17) is 9.84 Å². The molecule has 2 unspecified atom stereocenters. The Labute approximate surface area is 112 Å². The van der Waals surface area contributed by atoms with E-state index in [1.165, 1.54) is 0 Å². The van der Waals surface area contributed by atoms with Crippen LogP contribution < -0.4 is 4.74 Å². The smallest absolute Gasteiger partial charge is 0.321 e. The Balaban J connectivity index is 2.10. The lowest BCUT2D eigenvalue weighted by Gasteiger charge is -2.15. The van der Waals surface area contributed by atoms with Gasteiger partial charge in [-0.3, -0.25) is 4.79 Å². The fraction of sp³-hybridized carbons (Fsp3) is 0.462. The highest BCUT2D eigenvalue weighted by Gasteiger charge is 2.35. The highest BCUT2D eigenvalue weighted by Crippen LogP contribution is 2.29. The summed E-state index contributed by atoms with van der Waals surface area (Å²) in [6.45, 7) is 1.56. The van der Waals surface area contributed by atoms with Crippen molar-refractivity contribution in [3.63, 3.8) is 0 Å². The van der Waals surface area contributed by atoms with Gasteiger partial charge in [0.2, 0.25) is 0 Å². The summed E-state index contributed by atoms with van der Waals surface area (Å²) in [5, 5.41) is 7.59. The van der Waals surface area contributed by atoms with Crippen LogP contribution >= 0.6 is 0 Å². The average Bonchev–Trinajstić information content (AvgIpc) is 2.69. The van der Waals surface area contributed by atoms with Crippen LogP contribution in [0.2, 0.25) is 0 Å². The van der Waals surface area contributed by atoms with Gasteiger partial charge in [-0.2, -0.15) is 0 Å². The Bertz CT molecular complexity index is 553. The molecule has 5 nitrogen and oxygen atoms in total. The minimum Gasteiger partial charge on any atom is -0.489 e. The molecule has 104 valence electrons. The lowest BCUT2D eigenvalue weighted by atomic mass is 10.1. The zero-order valence-electron chi connectivity index (χ0n) is 10.6. The molecule has 0 spiro atoms. The molecule has 0 radical (unpaired) electrons. The molecule has 0 saturated heterocycles. The summed E-state index contributed by atoms with van der Waals surface area (Å²) in [5.74, 6) is -0.865. The minimum absolute atomic E-state index is 0.0668. The second kappa shape index (κ2) is 5.21. The lowest BCUT2D eigenvalue weighted by molar-refractivity contribution is -0.136. The molecule has 0 aromatic heterocycles. The molecule has 1 aliphatic rings. The standard InChI is InChI=1S/C13H16O5S/c1-2-12(13(14)15)19(16,17)8-10-7-9-5-3-4-6-11(9)18-10/h3-6,10,12H,2,7-8H2,1H3,(H,14,15). The van der Waals surface area contributed by atoms with E-state index < -0.39 is 27.2 Å². The van der Waals surface area contributed by atoms with Crippen molar-refractivity contribution >= 4 is 15.8 Å². The zero-order chi connectivity index (χ0) is 14.0. The number of fused-ring (bicyclic) bond motifs is 1. The predicted octanol–water partition coefficient (Wildman–Crippen LogP) is 1.27. The summed E-state index contributed by atoms with van der Waals surface area (Å²) >= 11 is 0. The van der Waals surface area contributed by atoms with E-state index in [9.17, 15) is 13.2 Å². The van der Waals surface area contributed by atoms with Crippen LogP contribution in [-0.2, 0) is 21.1 Å². The van der Waals surface area contributed by atoms with Crippen molar-refractivity contribution in [3.8, 4) is 5.75 Å². The highest BCUT2D eigenvalue weighted by atomic mass is 32.2. The number of hydrogen-bond donors (Lipinski definition) is 1. The molecule has 1 aliphatic heterocycles. The number of carboxylic acid groups (broad SMARTS) is 1. The molecule has 1 heterocycles. The van der Waals surface area contributed by atoms with E-state index in [1.54, 1.807) is 13.0 Å². The maximum Gasteiger partial charge on any atom is 0.321 e. The Morgan fingerprint density at radius 2 is 2.16 bits per heavy atom. The first kappa shape index (κ1) is 13.9. The number of sulfone groups is 1. The number of ether oxygens (including phenoxy) is 1. The van der Waals surface area contributed by atoms with Crippen LogP contribution in [0, 0.1) is 0 Å². The molecule has 1 aromatic rings. The topological polar surface area (TPSA) is 80.7 Å². The van der Waals surface area contributed by atoms with Crippen molar-refractivity contribution in [2.75, 3.05) is 5.75 Å². The van der Waals surface area contributed by atoms with Crippen LogP contribution in [0.4, 0.5) is 0 Å². The summed E-state index contributed by atoms with van der Waals surface area (Å²) in [7, 11) is -3.70. The quantitative estimate of drug-likeness (QED) is 0.880. The molecule has 1 N–H and O–H groups in total. The summed E-state index contributed by atoms with van der Waals surface area (Å²) in [6, 6.07) is 7.36. The van der Waals surface area contributed by atoms with Crippen LogP contribution in [0.15, 0.2) is 24.3 Å². The van der Waals surface area contributed by atoms with Crippen LogP contribution in [0.1, 0.15) is 18.9 Å². The Morgan fingerprint density at radius 1 is 1.47 bits per heavy atom. The molecule has 0 bridgehead atoms. The molecule has 0 saturated carbocycles. The van der Waals surface area contributed by atoms with Crippen LogP contribution in [0.3, 0.4) is 0 Å². The Hall–Kier alpha value is -1.56. The van der Waals surface area contributed by atoms with Crippen LogP contribution in [0.25, 0.3) is 0 Å². The van der Waals surface area contributed by atoms with E-state index in [0.717, 1.165) is 5.56 Å². The largest absolute Gasteiger partial charge is 0.489 e. The van der Waals surface area contributed by atoms with Gasteiger partial charge >= 0.3 is 5.97 Å². The SMILES string of the molecule is CCC(C(=O)O)S(=O)(=O)CC1Cc2ccccc2O1. The van der Waals surface area contributed by atoms with Gasteiger partial charge in [0.1, 0.15) is 11.9 Å². The zero-order valence-corrected chi connectivity index (χ0v) is 11.4. The van der Waals surface area contributed by atoms with E-state index >= 15 is 0 Å². The van der Waals surface area contributed by atoms with Gasteiger partial charge in [0, 0.05) is 6.42 Å². The van der Waals surface area contributed by atoms with E-state index in [0.29, 0.717) is 12.2 Å². The summed E-state index contributed by atoms with van der Waals surface area (Å²) in [6.07, 6.45) is 0.0822. The number of aliphatic carboxylic acids is 1. The molecule has 1 aromatic carbocycles. The second-order valence-electron chi connectivity index (χ2n) is 4.62. The van der Waals surface area contributed by atoms with Gasteiger partial charge < -0.3 is 9.84 Å². The molecule has 0 aliphatic carbocycles. The number of hydrogen-bond acceptors (Lipinski definition) is 4.